The molecule has 3 heterocycles. The van der Waals surface area contributed by atoms with E-state index in [0.717, 1.165) is 41.5 Å². The number of anilines is 2. The first-order valence-corrected chi connectivity index (χ1v) is 14.7. The van der Waals surface area contributed by atoms with E-state index in [4.69, 9.17) is 20.3 Å². The van der Waals surface area contributed by atoms with E-state index in [9.17, 15) is 9.59 Å². The highest BCUT2D eigenvalue weighted by Crippen LogP contribution is 2.27. The Morgan fingerprint density at radius 3 is 2.43 bits per heavy atom. The Labute approximate surface area is 247 Å². The standard InChI is InChI=1S/C32H42N6O4/c1-21-8-9-25(24(4)15-21)18-37(32(40)36-10-13-41-14-11-36)19-26-20-38(29-7-5-6-12-42-29)35-30(26)31(39)34-28-17-23(3)22(2)16-27(28)33/h8-9,15-17,20,29H,5-7,10-14,18-19,33H2,1-4H3,(H,34,39). The van der Waals surface area contributed by atoms with Crippen molar-refractivity contribution in [2.75, 3.05) is 44.0 Å². The topological polar surface area (TPSA) is 115 Å². The second-order valence-electron chi connectivity index (χ2n) is 11.5. The highest BCUT2D eigenvalue weighted by Gasteiger charge is 2.28. The highest BCUT2D eigenvalue weighted by atomic mass is 16.5. The maximum atomic E-state index is 13.9. The highest BCUT2D eigenvalue weighted by molar-refractivity contribution is 6.05. The molecular weight excluding hydrogens is 532 g/mol. The van der Waals surface area contributed by atoms with Crippen LogP contribution in [0.25, 0.3) is 0 Å². The lowest BCUT2D eigenvalue weighted by molar-refractivity contribution is -0.0396. The van der Waals surface area contributed by atoms with Crippen molar-refractivity contribution in [1.29, 1.82) is 0 Å². The van der Waals surface area contributed by atoms with Gasteiger partial charge in [0.2, 0.25) is 0 Å². The average molecular weight is 575 g/mol. The molecule has 2 aliphatic rings. The smallest absolute Gasteiger partial charge is 0.320 e. The lowest BCUT2D eigenvalue weighted by atomic mass is 10.0. The number of aromatic nitrogens is 2. The summed E-state index contributed by atoms with van der Waals surface area (Å²) in [4.78, 5) is 31.3. The molecule has 2 aromatic carbocycles. The summed E-state index contributed by atoms with van der Waals surface area (Å²) >= 11 is 0. The molecule has 0 bridgehead atoms. The van der Waals surface area contributed by atoms with Crippen LogP contribution in [0.1, 0.15) is 69.4 Å². The van der Waals surface area contributed by atoms with Crippen LogP contribution in [0.5, 0.6) is 0 Å². The van der Waals surface area contributed by atoms with Gasteiger partial charge in [0.25, 0.3) is 5.91 Å². The molecule has 3 amide bonds. The lowest BCUT2D eigenvalue weighted by Crippen LogP contribution is -2.47. The van der Waals surface area contributed by atoms with Crippen LogP contribution >= 0.6 is 0 Å². The zero-order chi connectivity index (χ0) is 29.8. The third-order valence-electron chi connectivity index (χ3n) is 8.16. The zero-order valence-electron chi connectivity index (χ0n) is 25.1. The molecule has 10 nitrogen and oxygen atoms in total. The molecule has 1 unspecified atom stereocenters. The zero-order valence-corrected chi connectivity index (χ0v) is 25.1. The van der Waals surface area contributed by atoms with Gasteiger partial charge in [0, 0.05) is 38.0 Å². The maximum Gasteiger partial charge on any atom is 0.320 e. The Hall–Kier alpha value is -3.89. The van der Waals surface area contributed by atoms with Crippen molar-refractivity contribution in [2.45, 2.75) is 66.3 Å². The second kappa shape index (κ2) is 13.0. The summed E-state index contributed by atoms with van der Waals surface area (Å²) in [6, 6.07) is 9.89. The Morgan fingerprint density at radius 2 is 1.71 bits per heavy atom. The van der Waals surface area contributed by atoms with Crippen molar-refractivity contribution in [2.24, 2.45) is 0 Å². The molecule has 2 aliphatic heterocycles. The fourth-order valence-corrected chi connectivity index (χ4v) is 5.52. The van der Waals surface area contributed by atoms with Gasteiger partial charge in [-0.15, -0.1) is 0 Å². The number of carbonyl (C=O) groups is 2. The van der Waals surface area contributed by atoms with E-state index in [1.54, 1.807) is 9.58 Å². The van der Waals surface area contributed by atoms with Crippen molar-refractivity contribution in [1.82, 2.24) is 19.6 Å². The van der Waals surface area contributed by atoms with Crippen LogP contribution in [0.4, 0.5) is 16.2 Å². The van der Waals surface area contributed by atoms with Crippen LogP contribution in [-0.4, -0.2) is 64.4 Å². The van der Waals surface area contributed by atoms with E-state index in [1.165, 1.54) is 5.56 Å². The first-order valence-electron chi connectivity index (χ1n) is 14.7. The predicted octanol–water partition coefficient (Wildman–Crippen LogP) is 5.10. The van der Waals surface area contributed by atoms with Crippen molar-refractivity contribution in [3.8, 4) is 0 Å². The SMILES string of the molecule is Cc1ccc(CN(Cc2cn(C3CCCCO3)nc2C(=O)Nc2cc(C)c(C)cc2N)C(=O)N2CCOCC2)c(C)c1. The molecule has 2 saturated heterocycles. The molecule has 0 aliphatic carbocycles. The fourth-order valence-electron chi connectivity index (χ4n) is 5.52. The Kier molecular flexibility index (Phi) is 9.13. The monoisotopic (exact) mass is 574 g/mol. The van der Waals surface area contributed by atoms with Crippen molar-refractivity contribution in [3.63, 3.8) is 0 Å². The van der Waals surface area contributed by atoms with Gasteiger partial charge in [0.15, 0.2) is 5.69 Å². The number of morpholine rings is 1. The molecule has 42 heavy (non-hydrogen) atoms. The van der Waals surface area contributed by atoms with Crippen molar-refractivity contribution < 1.29 is 19.1 Å². The van der Waals surface area contributed by atoms with Crippen LogP contribution in [-0.2, 0) is 22.6 Å². The summed E-state index contributed by atoms with van der Waals surface area (Å²) in [6.07, 6.45) is 4.44. The minimum absolute atomic E-state index is 0.0929. The number of aryl methyl sites for hydroxylation is 4. The molecule has 1 aromatic heterocycles. The van der Waals surface area contributed by atoms with Gasteiger partial charge in [0.1, 0.15) is 6.23 Å². The number of ether oxygens (including phenoxy) is 2. The molecule has 3 aromatic rings. The molecule has 3 N–H and O–H groups in total. The number of nitrogens with zero attached hydrogens (tertiary/aromatic N) is 4. The number of rotatable bonds is 7. The largest absolute Gasteiger partial charge is 0.397 e. The molecule has 10 heteroatoms. The number of nitrogen functional groups attached to an aromatic ring is 1. The van der Waals surface area contributed by atoms with Gasteiger partial charge in [-0.3, -0.25) is 4.79 Å². The quantitative estimate of drug-likeness (QED) is 0.379. The lowest BCUT2D eigenvalue weighted by Gasteiger charge is -2.33. The number of amides is 3. The molecule has 0 saturated carbocycles. The van der Waals surface area contributed by atoms with E-state index < -0.39 is 0 Å². The van der Waals surface area contributed by atoms with Gasteiger partial charge >= 0.3 is 6.03 Å². The van der Waals surface area contributed by atoms with Gasteiger partial charge in [-0.05, 0) is 81.3 Å². The normalized spacial score (nSPS) is 17.2. The molecular formula is C32H42N6O4. The fraction of sp³-hybridized carbons (Fsp3) is 0.469. The third-order valence-corrected chi connectivity index (χ3v) is 8.16. The van der Waals surface area contributed by atoms with Crippen molar-refractivity contribution in [3.05, 3.63) is 75.6 Å². The van der Waals surface area contributed by atoms with E-state index in [1.807, 2.05) is 37.1 Å². The van der Waals surface area contributed by atoms with Gasteiger partial charge in [-0.2, -0.15) is 5.10 Å². The van der Waals surface area contributed by atoms with E-state index in [2.05, 4.69) is 37.4 Å². The molecule has 1 atom stereocenters. The number of nitrogens with two attached hydrogens (primary N) is 1. The Bertz CT molecular complexity index is 1440. The van der Waals surface area contributed by atoms with Crippen LogP contribution in [0.3, 0.4) is 0 Å². The number of hydrogen-bond donors (Lipinski definition) is 2. The number of nitrogens with one attached hydrogen (secondary N) is 1. The van der Waals surface area contributed by atoms with E-state index >= 15 is 0 Å². The van der Waals surface area contributed by atoms with Crippen LogP contribution < -0.4 is 11.1 Å². The van der Waals surface area contributed by atoms with E-state index in [0.29, 0.717) is 56.4 Å². The molecule has 0 radical (unpaired) electrons. The average Bonchev–Trinajstić information content (AvgIpc) is 3.41. The summed E-state index contributed by atoms with van der Waals surface area (Å²) in [5.41, 5.74) is 13.6. The summed E-state index contributed by atoms with van der Waals surface area (Å²) < 4.78 is 13.2. The number of carbonyl (C=O) groups excluding carboxylic acids is 2. The van der Waals surface area contributed by atoms with Gasteiger partial charge < -0.3 is 30.3 Å². The van der Waals surface area contributed by atoms with E-state index in [-0.39, 0.29) is 30.4 Å². The van der Waals surface area contributed by atoms with Gasteiger partial charge in [0.05, 0.1) is 31.1 Å². The summed E-state index contributed by atoms with van der Waals surface area (Å²) in [7, 11) is 0. The molecule has 2 fully saturated rings. The number of benzene rings is 2. The first-order chi connectivity index (χ1) is 20.2. The number of hydrogen-bond acceptors (Lipinski definition) is 6. The van der Waals surface area contributed by atoms with Gasteiger partial charge in [-0.25, -0.2) is 9.48 Å². The first kappa shape index (κ1) is 29.6. The van der Waals surface area contributed by atoms with Crippen LogP contribution in [0.15, 0.2) is 36.5 Å². The summed E-state index contributed by atoms with van der Waals surface area (Å²) in [5, 5.41) is 7.70. The minimum Gasteiger partial charge on any atom is -0.397 e. The van der Waals surface area contributed by atoms with Crippen LogP contribution in [0.2, 0.25) is 0 Å². The maximum absolute atomic E-state index is 13.9. The van der Waals surface area contributed by atoms with Gasteiger partial charge in [-0.1, -0.05) is 23.8 Å². The third kappa shape index (κ3) is 6.77. The van der Waals surface area contributed by atoms with Crippen LogP contribution in [0, 0.1) is 27.7 Å². The number of urea groups is 1. The molecule has 0 spiro atoms. The Morgan fingerprint density at radius 1 is 0.976 bits per heavy atom. The van der Waals surface area contributed by atoms with Crippen molar-refractivity contribution >= 4 is 23.3 Å². The predicted molar refractivity (Wildman–Crippen MR) is 162 cm³/mol. The summed E-state index contributed by atoms with van der Waals surface area (Å²) in [6.45, 7) is 11.4. The minimum atomic E-state index is -0.375. The Balaban J connectivity index is 1.49. The summed E-state index contributed by atoms with van der Waals surface area (Å²) in [5.74, 6) is -0.375. The molecule has 5 rings (SSSR count). The molecule has 224 valence electrons. The second-order valence-corrected chi connectivity index (χ2v) is 11.5.